The summed E-state index contributed by atoms with van der Waals surface area (Å²) < 4.78 is 28.9. The van der Waals surface area contributed by atoms with E-state index in [4.69, 9.17) is 0 Å². The predicted octanol–water partition coefficient (Wildman–Crippen LogP) is 3.48. The van der Waals surface area contributed by atoms with E-state index in [1.165, 1.54) is 12.1 Å². The van der Waals surface area contributed by atoms with Crippen molar-refractivity contribution in [1.82, 2.24) is 15.1 Å². The molecular weight excluding hydrogens is 378 g/mol. The summed E-state index contributed by atoms with van der Waals surface area (Å²) in [6, 6.07) is 6.61. The second kappa shape index (κ2) is 12.2. The summed E-state index contributed by atoms with van der Waals surface area (Å²) in [6.45, 7) is 2.76. The van der Waals surface area contributed by atoms with Gasteiger partial charge in [-0.05, 0) is 43.9 Å². The number of benzene rings is 1. The number of hydrogen-bond donors (Lipinski definition) is 1. The van der Waals surface area contributed by atoms with E-state index in [9.17, 15) is 13.6 Å². The quantitative estimate of drug-likeness (QED) is 0.385. The van der Waals surface area contributed by atoms with Crippen LogP contribution in [-0.4, -0.2) is 61.5 Å². The topological polar surface area (TPSA) is 57.2 Å². The van der Waals surface area contributed by atoms with Crippen LogP contribution in [0.5, 0.6) is 5.75 Å². The van der Waals surface area contributed by atoms with E-state index in [0.717, 1.165) is 56.8 Å². The van der Waals surface area contributed by atoms with Gasteiger partial charge in [0.05, 0.1) is 0 Å². The molecule has 0 radical (unpaired) electrons. The van der Waals surface area contributed by atoms with Crippen LogP contribution in [-0.2, 0) is 11.3 Å². The number of ether oxygens (including phenoxy) is 1. The minimum Gasteiger partial charge on any atom is -0.435 e. The summed E-state index contributed by atoms with van der Waals surface area (Å²) in [4.78, 5) is 20.7. The Labute approximate surface area is 171 Å². The van der Waals surface area contributed by atoms with E-state index >= 15 is 0 Å². The fourth-order valence-electron chi connectivity index (χ4n) is 3.32. The Morgan fingerprint density at radius 3 is 2.72 bits per heavy atom. The number of rotatable bonds is 9. The second-order valence-electron chi connectivity index (χ2n) is 7.16. The summed E-state index contributed by atoms with van der Waals surface area (Å²) in [5.74, 6) is 1.19. The van der Waals surface area contributed by atoms with Crippen molar-refractivity contribution in [2.45, 2.75) is 52.2 Å². The van der Waals surface area contributed by atoms with Crippen LogP contribution in [0.2, 0.25) is 0 Å². The lowest BCUT2D eigenvalue weighted by atomic mass is 10.2. The van der Waals surface area contributed by atoms with Crippen LogP contribution < -0.4 is 10.1 Å². The first kappa shape index (κ1) is 22.9. The van der Waals surface area contributed by atoms with Gasteiger partial charge < -0.3 is 19.9 Å². The first-order chi connectivity index (χ1) is 14.0. The Hall–Kier alpha value is -2.38. The molecule has 29 heavy (non-hydrogen) atoms. The summed E-state index contributed by atoms with van der Waals surface area (Å²) in [5.41, 5.74) is 0.967. The fraction of sp³-hybridized carbons (Fsp3) is 0.619. The van der Waals surface area contributed by atoms with Crippen LogP contribution in [0.3, 0.4) is 0 Å². The van der Waals surface area contributed by atoms with Gasteiger partial charge in [-0.25, -0.2) is 0 Å². The zero-order valence-electron chi connectivity index (χ0n) is 17.4. The van der Waals surface area contributed by atoms with Gasteiger partial charge in [0, 0.05) is 46.2 Å². The number of nitrogens with zero attached hydrogens (tertiary/aromatic N) is 3. The third-order valence-electron chi connectivity index (χ3n) is 4.78. The molecule has 0 unspecified atom stereocenters. The van der Waals surface area contributed by atoms with Gasteiger partial charge >= 0.3 is 6.61 Å². The molecule has 1 aliphatic rings. The van der Waals surface area contributed by atoms with Crippen LogP contribution in [0.15, 0.2) is 29.3 Å². The number of amides is 1. The molecule has 0 aliphatic carbocycles. The number of carbonyl (C=O) groups is 1. The van der Waals surface area contributed by atoms with Crippen LogP contribution in [0.4, 0.5) is 8.78 Å². The molecule has 8 heteroatoms. The number of hydrogen-bond acceptors (Lipinski definition) is 3. The first-order valence-corrected chi connectivity index (χ1v) is 10.3. The highest BCUT2D eigenvalue weighted by molar-refractivity contribution is 5.79. The molecule has 1 aliphatic heterocycles. The number of guanidine groups is 1. The predicted molar refractivity (Wildman–Crippen MR) is 110 cm³/mol. The SMILES string of the molecule is CCNC(=NCCCN1CCCCCC1=O)N(C)Cc1ccc(OC(F)F)cc1. The van der Waals surface area contributed by atoms with Gasteiger partial charge in [0.1, 0.15) is 5.75 Å². The van der Waals surface area contributed by atoms with E-state index in [2.05, 4.69) is 15.0 Å². The molecule has 0 aromatic heterocycles. The summed E-state index contributed by atoms with van der Waals surface area (Å²) in [7, 11) is 1.93. The molecule has 6 nitrogen and oxygen atoms in total. The maximum atomic E-state index is 12.3. The molecule has 1 aromatic rings. The molecular formula is C21H32F2N4O2. The fourth-order valence-corrected chi connectivity index (χ4v) is 3.32. The lowest BCUT2D eigenvalue weighted by Crippen LogP contribution is -2.38. The maximum absolute atomic E-state index is 12.3. The van der Waals surface area contributed by atoms with Crippen molar-refractivity contribution < 1.29 is 18.3 Å². The number of halogens is 2. The standard InChI is InChI=1S/C21H32F2N4O2/c1-3-24-21(25-13-7-15-27-14-6-4-5-8-19(27)28)26(2)16-17-9-11-18(12-10-17)29-20(22)23/h9-12,20H,3-8,13-16H2,1-2H3,(H,24,25). The van der Waals surface area contributed by atoms with Crippen molar-refractivity contribution in [1.29, 1.82) is 0 Å². The molecule has 1 N–H and O–H groups in total. The van der Waals surface area contributed by atoms with Crippen LogP contribution in [0.1, 0.15) is 44.6 Å². The summed E-state index contributed by atoms with van der Waals surface area (Å²) in [5, 5.41) is 3.27. The highest BCUT2D eigenvalue weighted by atomic mass is 19.3. The van der Waals surface area contributed by atoms with Crippen LogP contribution >= 0.6 is 0 Å². The van der Waals surface area contributed by atoms with Crippen LogP contribution in [0, 0.1) is 0 Å². The number of alkyl halides is 2. The van der Waals surface area contributed by atoms with E-state index < -0.39 is 6.61 Å². The third kappa shape index (κ3) is 8.25. The zero-order valence-corrected chi connectivity index (χ0v) is 17.4. The molecule has 1 aromatic carbocycles. The Bertz CT molecular complexity index is 653. The Balaban J connectivity index is 1.85. The molecule has 0 bridgehead atoms. The van der Waals surface area contributed by atoms with Gasteiger partial charge in [0.15, 0.2) is 5.96 Å². The molecule has 1 heterocycles. The first-order valence-electron chi connectivity index (χ1n) is 10.3. The van der Waals surface area contributed by atoms with E-state index in [1.54, 1.807) is 12.1 Å². The second-order valence-corrected chi connectivity index (χ2v) is 7.16. The third-order valence-corrected chi connectivity index (χ3v) is 4.78. The summed E-state index contributed by atoms with van der Waals surface area (Å²) in [6.07, 6.45) is 4.70. The average molecular weight is 411 g/mol. The number of aliphatic imine (C=N–C) groups is 1. The Morgan fingerprint density at radius 1 is 1.28 bits per heavy atom. The molecule has 1 amide bonds. The van der Waals surface area contributed by atoms with Gasteiger partial charge in [0.25, 0.3) is 0 Å². The average Bonchev–Trinajstić information content (AvgIpc) is 2.89. The molecule has 1 fully saturated rings. The van der Waals surface area contributed by atoms with Gasteiger partial charge in [-0.2, -0.15) is 8.78 Å². The number of nitrogens with one attached hydrogen (secondary N) is 1. The molecule has 0 spiro atoms. The largest absolute Gasteiger partial charge is 0.435 e. The van der Waals surface area contributed by atoms with Crippen molar-refractivity contribution in [3.63, 3.8) is 0 Å². The lowest BCUT2D eigenvalue weighted by Gasteiger charge is -2.23. The maximum Gasteiger partial charge on any atom is 0.387 e. The van der Waals surface area contributed by atoms with Crippen molar-refractivity contribution >= 4 is 11.9 Å². The van der Waals surface area contributed by atoms with E-state index in [0.29, 0.717) is 19.5 Å². The molecule has 0 saturated carbocycles. The van der Waals surface area contributed by atoms with Crippen molar-refractivity contribution in [2.75, 3.05) is 33.2 Å². The Morgan fingerprint density at radius 2 is 2.03 bits per heavy atom. The van der Waals surface area contributed by atoms with Gasteiger partial charge in [0.2, 0.25) is 5.91 Å². The molecule has 162 valence electrons. The van der Waals surface area contributed by atoms with Gasteiger partial charge in [-0.15, -0.1) is 0 Å². The number of likely N-dealkylation sites (tertiary alicyclic amines) is 1. The van der Waals surface area contributed by atoms with E-state index in [-0.39, 0.29) is 11.7 Å². The monoisotopic (exact) mass is 410 g/mol. The minimum atomic E-state index is -2.82. The molecule has 0 atom stereocenters. The molecule has 2 rings (SSSR count). The highest BCUT2D eigenvalue weighted by Crippen LogP contribution is 2.16. The molecule has 1 saturated heterocycles. The van der Waals surface area contributed by atoms with E-state index in [1.807, 2.05) is 23.8 Å². The summed E-state index contributed by atoms with van der Waals surface area (Å²) >= 11 is 0. The van der Waals surface area contributed by atoms with Crippen molar-refractivity contribution in [3.05, 3.63) is 29.8 Å². The zero-order chi connectivity index (χ0) is 21.1. The Kier molecular flexibility index (Phi) is 9.67. The lowest BCUT2D eigenvalue weighted by molar-refractivity contribution is -0.130. The highest BCUT2D eigenvalue weighted by Gasteiger charge is 2.15. The van der Waals surface area contributed by atoms with Gasteiger partial charge in [-0.3, -0.25) is 9.79 Å². The van der Waals surface area contributed by atoms with Crippen molar-refractivity contribution in [3.8, 4) is 5.75 Å². The normalized spacial score (nSPS) is 15.4. The number of carbonyl (C=O) groups excluding carboxylic acids is 1. The smallest absolute Gasteiger partial charge is 0.387 e. The van der Waals surface area contributed by atoms with Crippen LogP contribution in [0.25, 0.3) is 0 Å². The van der Waals surface area contributed by atoms with Gasteiger partial charge in [-0.1, -0.05) is 18.6 Å². The van der Waals surface area contributed by atoms with Crippen molar-refractivity contribution in [2.24, 2.45) is 4.99 Å². The minimum absolute atomic E-state index is 0.148.